The SMILES string of the molecule is CCC(N[C@@H](C)CO)c1nccn1C. The molecule has 0 aliphatic carbocycles. The molecule has 0 spiro atoms. The predicted molar refractivity (Wildman–Crippen MR) is 55.9 cm³/mol. The van der Waals surface area contributed by atoms with Crippen molar-refractivity contribution in [2.24, 2.45) is 7.05 Å². The molecule has 4 heteroatoms. The molecule has 4 nitrogen and oxygen atoms in total. The fourth-order valence-electron chi connectivity index (χ4n) is 1.48. The van der Waals surface area contributed by atoms with E-state index in [4.69, 9.17) is 5.11 Å². The standard InChI is InChI=1S/C10H19N3O/c1-4-9(12-8(2)7-14)10-11-5-6-13(10)3/h5-6,8-9,12,14H,4,7H2,1-3H3/t8-,9?/m0/s1. The third kappa shape index (κ3) is 2.56. The van der Waals surface area contributed by atoms with Gasteiger partial charge in [0.1, 0.15) is 5.82 Å². The van der Waals surface area contributed by atoms with Gasteiger partial charge in [-0.25, -0.2) is 4.98 Å². The van der Waals surface area contributed by atoms with E-state index in [1.165, 1.54) is 0 Å². The summed E-state index contributed by atoms with van der Waals surface area (Å²) in [6.45, 7) is 4.23. The van der Waals surface area contributed by atoms with E-state index < -0.39 is 0 Å². The Morgan fingerprint density at radius 3 is 2.79 bits per heavy atom. The average Bonchev–Trinajstić information content (AvgIpc) is 2.60. The Balaban J connectivity index is 2.67. The number of imidazole rings is 1. The Kier molecular flexibility index (Phi) is 4.10. The van der Waals surface area contributed by atoms with Crippen molar-refractivity contribution in [3.8, 4) is 0 Å². The molecule has 0 aliphatic heterocycles. The predicted octanol–water partition coefficient (Wildman–Crippen LogP) is 0.842. The van der Waals surface area contributed by atoms with Gasteiger partial charge >= 0.3 is 0 Å². The van der Waals surface area contributed by atoms with Gasteiger partial charge in [0.15, 0.2) is 0 Å². The van der Waals surface area contributed by atoms with Crippen LogP contribution in [0.3, 0.4) is 0 Å². The summed E-state index contributed by atoms with van der Waals surface area (Å²) in [5.74, 6) is 1.02. The summed E-state index contributed by atoms with van der Waals surface area (Å²) >= 11 is 0. The maximum Gasteiger partial charge on any atom is 0.125 e. The zero-order valence-electron chi connectivity index (χ0n) is 9.07. The largest absolute Gasteiger partial charge is 0.395 e. The van der Waals surface area contributed by atoms with Crippen molar-refractivity contribution in [2.75, 3.05) is 6.61 Å². The summed E-state index contributed by atoms with van der Waals surface area (Å²) in [6.07, 6.45) is 4.70. The molecule has 0 saturated carbocycles. The second-order valence-corrected chi connectivity index (χ2v) is 3.61. The van der Waals surface area contributed by atoms with E-state index in [-0.39, 0.29) is 18.7 Å². The first-order chi connectivity index (χ1) is 6.69. The van der Waals surface area contributed by atoms with Crippen LogP contribution >= 0.6 is 0 Å². The minimum absolute atomic E-state index is 0.108. The smallest absolute Gasteiger partial charge is 0.125 e. The van der Waals surface area contributed by atoms with E-state index in [0.717, 1.165) is 12.2 Å². The van der Waals surface area contributed by atoms with E-state index in [2.05, 4.69) is 17.2 Å². The monoisotopic (exact) mass is 197 g/mol. The zero-order valence-corrected chi connectivity index (χ0v) is 9.07. The quantitative estimate of drug-likeness (QED) is 0.735. The summed E-state index contributed by atoms with van der Waals surface area (Å²) in [5.41, 5.74) is 0. The minimum atomic E-state index is 0.108. The van der Waals surface area contributed by atoms with Crippen LogP contribution < -0.4 is 5.32 Å². The molecule has 0 aromatic carbocycles. The third-order valence-corrected chi connectivity index (χ3v) is 2.34. The molecular formula is C10H19N3O. The van der Waals surface area contributed by atoms with E-state index in [1.54, 1.807) is 6.20 Å². The second-order valence-electron chi connectivity index (χ2n) is 3.61. The van der Waals surface area contributed by atoms with Crippen molar-refractivity contribution in [1.29, 1.82) is 0 Å². The molecule has 1 unspecified atom stereocenters. The van der Waals surface area contributed by atoms with Gasteiger partial charge in [-0.1, -0.05) is 6.92 Å². The van der Waals surface area contributed by atoms with Gasteiger partial charge in [-0.15, -0.1) is 0 Å². The fourth-order valence-corrected chi connectivity index (χ4v) is 1.48. The molecule has 0 radical (unpaired) electrons. The molecular weight excluding hydrogens is 178 g/mol. The summed E-state index contributed by atoms with van der Waals surface area (Å²) in [4.78, 5) is 4.29. The molecule has 1 aromatic heterocycles. The van der Waals surface area contributed by atoms with Crippen LogP contribution in [-0.2, 0) is 7.05 Å². The molecule has 0 saturated heterocycles. The van der Waals surface area contributed by atoms with E-state index in [0.29, 0.717) is 0 Å². The molecule has 1 heterocycles. The lowest BCUT2D eigenvalue weighted by atomic mass is 10.2. The highest BCUT2D eigenvalue weighted by molar-refractivity contribution is 4.98. The summed E-state index contributed by atoms with van der Waals surface area (Å²) in [6, 6.07) is 0.328. The number of aliphatic hydroxyl groups is 1. The van der Waals surface area contributed by atoms with Gasteiger partial charge in [-0.2, -0.15) is 0 Å². The lowest BCUT2D eigenvalue weighted by molar-refractivity contribution is 0.237. The molecule has 14 heavy (non-hydrogen) atoms. The van der Waals surface area contributed by atoms with Gasteiger partial charge in [0, 0.05) is 25.5 Å². The van der Waals surface area contributed by atoms with E-state index in [9.17, 15) is 0 Å². The molecule has 2 atom stereocenters. The first kappa shape index (κ1) is 11.2. The number of rotatable bonds is 5. The number of nitrogens with one attached hydrogen (secondary N) is 1. The maximum absolute atomic E-state index is 8.96. The lowest BCUT2D eigenvalue weighted by Gasteiger charge is -2.20. The van der Waals surface area contributed by atoms with Gasteiger partial charge in [0.25, 0.3) is 0 Å². The Hall–Kier alpha value is -0.870. The summed E-state index contributed by atoms with van der Waals surface area (Å²) in [5, 5.41) is 12.3. The molecule has 1 aromatic rings. The van der Waals surface area contributed by atoms with Crippen molar-refractivity contribution < 1.29 is 5.11 Å². The van der Waals surface area contributed by atoms with Crippen LogP contribution in [0.4, 0.5) is 0 Å². The molecule has 80 valence electrons. The fraction of sp³-hybridized carbons (Fsp3) is 0.700. The Bertz CT molecular complexity index is 272. The van der Waals surface area contributed by atoms with Crippen LogP contribution in [-0.4, -0.2) is 27.3 Å². The summed E-state index contributed by atoms with van der Waals surface area (Å²) in [7, 11) is 1.98. The van der Waals surface area contributed by atoms with Crippen LogP contribution in [0.5, 0.6) is 0 Å². The van der Waals surface area contributed by atoms with Crippen molar-refractivity contribution in [1.82, 2.24) is 14.9 Å². The zero-order chi connectivity index (χ0) is 10.6. The molecule has 2 N–H and O–H groups in total. The Morgan fingerprint density at radius 1 is 1.64 bits per heavy atom. The number of hydrogen-bond donors (Lipinski definition) is 2. The number of aliphatic hydroxyl groups excluding tert-OH is 1. The van der Waals surface area contributed by atoms with Crippen molar-refractivity contribution in [3.63, 3.8) is 0 Å². The first-order valence-corrected chi connectivity index (χ1v) is 5.03. The van der Waals surface area contributed by atoms with Crippen LogP contribution in [0, 0.1) is 0 Å². The lowest BCUT2D eigenvalue weighted by Crippen LogP contribution is -2.34. The molecule has 0 amide bonds. The van der Waals surface area contributed by atoms with Gasteiger partial charge in [0.2, 0.25) is 0 Å². The Morgan fingerprint density at radius 2 is 2.36 bits per heavy atom. The van der Waals surface area contributed by atoms with Gasteiger partial charge in [0.05, 0.1) is 12.6 Å². The molecule has 1 rings (SSSR count). The van der Waals surface area contributed by atoms with Gasteiger partial charge < -0.3 is 15.0 Å². The number of nitrogens with zero attached hydrogens (tertiary/aromatic N) is 2. The highest BCUT2D eigenvalue weighted by atomic mass is 16.3. The van der Waals surface area contributed by atoms with E-state index in [1.807, 2.05) is 24.7 Å². The average molecular weight is 197 g/mol. The molecule has 0 bridgehead atoms. The number of hydrogen-bond acceptors (Lipinski definition) is 3. The topological polar surface area (TPSA) is 50.1 Å². The minimum Gasteiger partial charge on any atom is -0.395 e. The van der Waals surface area contributed by atoms with Gasteiger partial charge in [-0.3, -0.25) is 0 Å². The van der Waals surface area contributed by atoms with Crippen LogP contribution in [0.25, 0.3) is 0 Å². The van der Waals surface area contributed by atoms with E-state index >= 15 is 0 Å². The second kappa shape index (κ2) is 5.12. The number of aromatic nitrogens is 2. The molecule has 0 aliphatic rings. The van der Waals surface area contributed by atoms with Crippen LogP contribution in [0.15, 0.2) is 12.4 Å². The van der Waals surface area contributed by atoms with Crippen molar-refractivity contribution in [2.45, 2.75) is 32.4 Å². The number of aryl methyl sites for hydroxylation is 1. The maximum atomic E-state index is 8.96. The normalized spacial score (nSPS) is 15.4. The van der Waals surface area contributed by atoms with Crippen molar-refractivity contribution in [3.05, 3.63) is 18.2 Å². The van der Waals surface area contributed by atoms with Crippen molar-refractivity contribution >= 4 is 0 Å². The first-order valence-electron chi connectivity index (χ1n) is 5.03. The molecule has 0 fully saturated rings. The Labute approximate surface area is 85.0 Å². The summed E-state index contributed by atoms with van der Waals surface area (Å²) < 4.78 is 2.01. The van der Waals surface area contributed by atoms with Crippen LogP contribution in [0.1, 0.15) is 32.1 Å². The third-order valence-electron chi connectivity index (χ3n) is 2.34. The van der Waals surface area contributed by atoms with Gasteiger partial charge in [-0.05, 0) is 13.3 Å². The highest BCUT2D eigenvalue weighted by Gasteiger charge is 2.15. The van der Waals surface area contributed by atoms with Crippen LogP contribution in [0.2, 0.25) is 0 Å². The highest BCUT2D eigenvalue weighted by Crippen LogP contribution is 2.14.